The number of nitrogens with zero attached hydrogens (tertiary/aromatic N) is 5. The summed E-state index contributed by atoms with van der Waals surface area (Å²) >= 11 is 6.00. The molecule has 1 fully saturated rings. The minimum Gasteiger partial charge on any atom is -0.353 e. The molecule has 0 bridgehead atoms. The van der Waals surface area contributed by atoms with Crippen molar-refractivity contribution in [3.05, 3.63) is 35.5 Å². The van der Waals surface area contributed by atoms with Gasteiger partial charge in [0.1, 0.15) is 24.9 Å². The molecule has 1 saturated carbocycles. The van der Waals surface area contributed by atoms with Crippen LogP contribution in [0.4, 0.5) is 11.5 Å². The minimum atomic E-state index is -3.26. The average molecular weight is 437 g/mol. The molecule has 29 heavy (non-hydrogen) atoms. The number of sulfone groups is 1. The van der Waals surface area contributed by atoms with E-state index in [0.717, 1.165) is 18.5 Å². The molecule has 11 heteroatoms. The second-order valence-corrected chi connectivity index (χ2v) is 9.45. The molecular formula is C18H21ClN6O3S. The van der Waals surface area contributed by atoms with Gasteiger partial charge in [-0.15, -0.1) is 0 Å². The Labute approximate surface area is 174 Å². The summed E-state index contributed by atoms with van der Waals surface area (Å²) in [5.74, 6) is 1.35. The molecule has 1 N–H and O–H groups in total. The first-order valence-corrected chi connectivity index (χ1v) is 11.3. The van der Waals surface area contributed by atoms with Gasteiger partial charge < -0.3 is 15.0 Å². The molecule has 0 radical (unpaired) electrons. The standard InChI is InChI=1S/C18H21ClN6O3S/c1-2-29(26,27)14-6-3-12(20-8-14)7-21-16-10-28-11-25(13-4-5-13)17-15(23-16)9-22-18(19)24-17/h3,6,8-9,13H,2,4-5,7,10-11H2,1H3,(H,21,23). The highest BCUT2D eigenvalue weighted by Crippen LogP contribution is 2.35. The Kier molecular flexibility index (Phi) is 5.66. The van der Waals surface area contributed by atoms with Gasteiger partial charge in [0.05, 0.1) is 29.1 Å². The lowest BCUT2D eigenvalue weighted by atomic mass is 10.3. The van der Waals surface area contributed by atoms with Crippen LogP contribution < -0.4 is 10.2 Å². The highest BCUT2D eigenvalue weighted by Gasteiger charge is 2.33. The van der Waals surface area contributed by atoms with Gasteiger partial charge in [-0.05, 0) is 36.6 Å². The molecule has 1 aliphatic carbocycles. The van der Waals surface area contributed by atoms with Crippen LogP contribution in [0.5, 0.6) is 0 Å². The molecule has 0 saturated heterocycles. The molecule has 9 nitrogen and oxygen atoms in total. The predicted octanol–water partition coefficient (Wildman–Crippen LogP) is 2.29. The average Bonchev–Trinajstić information content (AvgIpc) is 3.54. The van der Waals surface area contributed by atoms with Crippen LogP contribution >= 0.6 is 11.6 Å². The molecule has 0 aromatic carbocycles. The number of fused-ring (bicyclic) bond motifs is 1. The first-order valence-electron chi connectivity index (χ1n) is 9.31. The van der Waals surface area contributed by atoms with Crippen molar-refractivity contribution in [2.75, 3.05) is 29.3 Å². The Morgan fingerprint density at radius 3 is 2.83 bits per heavy atom. The number of aliphatic imine (C=N–C) groups is 1. The Hall–Kier alpha value is -2.30. The quantitative estimate of drug-likeness (QED) is 0.711. The predicted molar refractivity (Wildman–Crippen MR) is 110 cm³/mol. The van der Waals surface area contributed by atoms with Gasteiger partial charge >= 0.3 is 0 Å². The molecule has 1 aliphatic heterocycles. The summed E-state index contributed by atoms with van der Waals surface area (Å²) in [6.07, 6.45) is 5.21. The number of hydrogen-bond acceptors (Lipinski definition) is 8. The number of rotatable bonds is 5. The van der Waals surface area contributed by atoms with Crippen molar-refractivity contribution in [2.45, 2.75) is 37.2 Å². The third kappa shape index (κ3) is 4.65. The smallest absolute Gasteiger partial charge is 0.224 e. The molecule has 4 rings (SSSR count). The van der Waals surface area contributed by atoms with Crippen LogP contribution in [0.15, 0.2) is 34.4 Å². The minimum absolute atomic E-state index is 0.0426. The van der Waals surface area contributed by atoms with Gasteiger partial charge in [-0.2, -0.15) is 4.98 Å². The largest absolute Gasteiger partial charge is 0.353 e. The van der Waals surface area contributed by atoms with Gasteiger partial charge in [-0.25, -0.2) is 13.4 Å². The van der Waals surface area contributed by atoms with E-state index in [-0.39, 0.29) is 22.5 Å². The van der Waals surface area contributed by atoms with E-state index in [1.54, 1.807) is 25.3 Å². The number of halogens is 1. The first-order chi connectivity index (χ1) is 14.0. The van der Waals surface area contributed by atoms with Gasteiger partial charge in [-0.3, -0.25) is 9.98 Å². The maximum Gasteiger partial charge on any atom is 0.224 e. The van der Waals surface area contributed by atoms with E-state index >= 15 is 0 Å². The zero-order valence-electron chi connectivity index (χ0n) is 15.9. The number of aromatic nitrogens is 3. The fourth-order valence-corrected chi connectivity index (χ4v) is 3.88. The van der Waals surface area contributed by atoms with Gasteiger partial charge in [0.15, 0.2) is 15.7 Å². The molecule has 2 aromatic rings. The molecule has 2 aromatic heterocycles. The van der Waals surface area contributed by atoms with Crippen molar-refractivity contribution in [1.82, 2.24) is 15.0 Å². The summed E-state index contributed by atoms with van der Waals surface area (Å²) in [7, 11) is -3.26. The van der Waals surface area contributed by atoms with E-state index in [1.807, 2.05) is 0 Å². The van der Waals surface area contributed by atoms with Crippen LogP contribution in [0.1, 0.15) is 25.5 Å². The van der Waals surface area contributed by atoms with Gasteiger partial charge in [0.25, 0.3) is 0 Å². The van der Waals surface area contributed by atoms with E-state index < -0.39 is 9.84 Å². The summed E-state index contributed by atoms with van der Waals surface area (Å²) in [4.78, 5) is 19.5. The fraction of sp³-hybridized carbons (Fsp3) is 0.444. The summed E-state index contributed by atoms with van der Waals surface area (Å²) in [5, 5.41) is 3.41. The lowest BCUT2D eigenvalue weighted by Gasteiger charge is -2.28. The zero-order valence-corrected chi connectivity index (χ0v) is 17.4. The fourth-order valence-electron chi connectivity index (χ4n) is 2.93. The van der Waals surface area contributed by atoms with Crippen molar-refractivity contribution in [2.24, 2.45) is 4.99 Å². The van der Waals surface area contributed by atoms with Crippen LogP contribution in [0.2, 0.25) is 5.28 Å². The molecule has 2 aliphatic rings. The van der Waals surface area contributed by atoms with Crippen molar-refractivity contribution in [3.63, 3.8) is 0 Å². The summed E-state index contributed by atoms with van der Waals surface area (Å²) in [6, 6.07) is 3.63. The van der Waals surface area contributed by atoms with Crippen molar-refractivity contribution >= 4 is 38.8 Å². The van der Waals surface area contributed by atoms with Crippen LogP contribution in [-0.4, -0.2) is 54.3 Å². The number of pyridine rings is 1. The lowest BCUT2D eigenvalue weighted by molar-refractivity contribution is 0.168. The van der Waals surface area contributed by atoms with Crippen LogP contribution in [0, 0.1) is 0 Å². The van der Waals surface area contributed by atoms with Crippen molar-refractivity contribution in [1.29, 1.82) is 0 Å². The lowest BCUT2D eigenvalue weighted by Crippen LogP contribution is -2.35. The monoisotopic (exact) mass is 436 g/mol. The Morgan fingerprint density at radius 1 is 1.31 bits per heavy atom. The maximum absolute atomic E-state index is 11.9. The highest BCUT2D eigenvalue weighted by molar-refractivity contribution is 7.91. The molecular weight excluding hydrogens is 416 g/mol. The highest BCUT2D eigenvalue weighted by atomic mass is 35.5. The normalized spacial score (nSPS) is 18.7. The van der Waals surface area contributed by atoms with E-state index in [9.17, 15) is 8.42 Å². The third-order valence-corrected chi connectivity index (χ3v) is 6.62. The van der Waals surface area contributed by atoms with E-state index in [1.165, 1.54) is 6.20 Å². The molecule has 0 atom stereocenters. The van der Waals surface area contributed by atoms with Crippen molar-refractivity contribution < 1.29 is 13.2 Å². The topological polar surface area (TPSA) is 110 Å². The molecule has 154 valence electrons. The van der Waals surface area contributed by atoms with Gasteiger partial charge in [-0.1, -0.05) is 6.92 Å². The molecule has 0 amide bonds. The zero-order chi connectivity index (χ0) is 20.4. The second-order valence-electron chi connectivity index (χ2n) is 6.83. The number of nitrogens with one attached hydrogen (secondary N) is 1. The van der Waals surface area contributed by atoms with E-state index in [0.29, 0.717) is 36.7 Å². The van der Waals surface area contributed by atoms with Gasteiger partial charge in [0.2, 0.25) is 5.28 Å². The van der Waals surface area contributed by atoms with Crippen LogP contribution in [0.3, 0.4) is 0 Å². The number of anilines is 2. The maximum atomic E-state index is 11.9. The van der Waals surface area contributed by atoms with Crippen LogP contribution in [-0.2, 0) is 21.1 Å². The number of hydrogen-bond donors (Lipinski definition) is 1. The van der Waals surface area contributed by atoms with Crippen molar-refractivity contribution in [3.8, 4) is 0 Å². The Morgan fingerprint density at radius 2 is 2.14 bits per heavy atom. The summed E-state index contributed by atoms with van der Waals surface area (Å²) < 4.78 is 29.6. The van der Waals surface area contributed by atoms with Crippen LogP contribution in [0.25, 0.3) is 0 Å². The Bertz CT molecular complexity index is 1020. The first kappa shape index (κ1) is 20.0. The number of amidine groups is 1. The summed E-state index contributed by atoms with van der Waals surface area (Å²) in [5.41, 5.74) is 1.38. The molecule has 0 spiro atoms. The van der Waals surface area contributed by atoms with Gasteiger partial charge in [0, 0.05) is 12.2 Å². The van der Waals surface area contributed by atoms with E-state index in [2.05, 4.69) is 30.2 Å². The third-order valence-electron chi connectivity index (χ3n) is 4.72. The number of ether oxygens (including phenoxy) is 1. The second kappa shape index (κ2) is 8.21. The molecule has 3 heterocycles. The van der Waals surface area contributed by atoms with E-state index in [4.69, 9.17) is 16.3 Å². The SMILES string of the molecule is CCS(=O)(=O)c1ccc(CN=C2COCN(C3CC3)c3nc(Cl)ncc3N2)nc1. The summed E-state index contributed by atoms with van der Waals surface area (Å²) in [6.45, 7) is 2.59. The Balaban J connectivity index is 1.52. The molecule has 0 unspecified atom stereocenters.